The lowest BCUT2D eigenvalue weighted by Crippen LogP contribution is -2.54. The highest BCUT2D eigenvalue weighted by molar-refractivity contribution is 7.80. The molecule has 0 spiro atoms. The number of aromatic nitrogens is 2. The molecule has 0 bridgehead atoms. The van der Waals surface area contributed by atoms with Crippen molar-refractivity contribution in [3.63, 3.8) is 0 Å². The fourth-order valence-corrected chi connectivity index (χ4v) is 4.99. The molecular formula is C25H28N4O3S. The standard InChI is InChI=1S/C25H28N4O3S/c1-26-24(33)25(19-10-11-21-27-13-14-29(21)17-19)12-6-5-9-20(25)32-23(31)16-28-22(30)15-18-7-3-2-4-8-18/h2-4,7-8,10-11,13-14,17,20H,5-6,9,12,15-16H2,1H3,(H,26,33)(H,28,30). The molecule has 4 rings (SSSR count). The smallest absolute Gasteiger partial charge is 0.325 e. The normalized spacial score (nSPS) is 20.2. The Morgan fingerprint density at radius 3 is 2.82 bits per heavy atom. The van der Waals surface area contributed by atoms with E-state index in [-0.39, 0.29) is 18.9 Å². The van der Waals surface area contributed by atoms with Crippen molar-refractivity contribution in [1.29, 1.82) is 0 Å². The number of rotatable bonds is 7. The van der Waals surface area contributed by atoms with Crippen LogP contribution in [0.2, 0.25) is 0 Å². The fraction of sp³-hybridized carbons (Fsp3) is 0.360. The zero-order valence-corrected chi connectivity index (χ0v) is 19.4. The molecular weight excluding hydrogens is 436 g/mol. The molecule has 0 aliphatic heterocycles. The lowest BCUT2D eigenvalue weighted by Gasteiger charge is -2.44. The monoisotopic (exact) mass is 464 g/mol. The van der Waals surface area contributed by atoms with Gasteiger partial charge in [-0.3, -0.25) is 9.59 Å². The number of likely N-dealkylation sites (N-methyl/N-ethyl adjacent to an activating group) is 1. The Hall–Kier alpha value is -3.26. The lowest BCUT2D eigenvalue weighted by molar-refractivity contribution is -0.153. The minimum atomic E-state index is -0.634. The molecule has 33 heavy (non-hydrogen) atoms. The summed E-state index contributed by atoms with van der Waals surface area (Å²) >= 11 is 5.78. The molecule has 1 fully saturated rings. The first kappa shape index (κ1) is 22.9. The van der Waals surface area contributed by atoms with E-state index >= 15 is 0 Å². The van der Waals surface area contributed by atoms with Gasteiger partial charge in [0.15, 0.2) is 0 Å². The minimum absolute atomic E-state index is 0.175. The molecule has 2 aromatic heterocycles. The molecule has 1 aliphatic carbocycles. The minimum Gasteiger partial charge on any atom is -0.460 e. The van der Waals surface area contributed by atoms with E-state index in [0.717, 1.165) is 36.0 Å². The van der Waals surface area contributed by atoms with E-state index in [0.29, 0.717) is 11.4 Å². The van der Waals surface area contributed by atoms with E-state index < -0.39 is 17.5 Å². The Morgan fingerprint density at radius 2 is 2.03 bits per heavy atom. The maximum atomic E-state index is 12.8. The average Bonchev–Trinajstić information content (AvgIpc) is 3.31. The number of hydrogen-bond acceptors (Lipinski definition) is 5. The van der Waals surface area contributed by atoms with Crippen LogP contribution in [0.5, 0.6) is 0 Å². The SMILES string of the molecule is CNC(=S)C1(c2ccc3nccn3c2)CCCCC1OC(=O)CNC(=O)Cc1ccccc1. The topological polar surface area (TPSA) is 84.7 Å². The van der Waals surface area contributed by atoms with Gasteiger partial charge in [0.25, 0.3) is 0 Å². The first-order valence-electron chi connectivity index (χ1n) is 11.2. The van der Waals surface area contributed by atoms with E-state index in [4.69, 9.17) is 17.0 Å². The molecule has 172 valence electrons. The highest BCUT2D eigenvalue weighted by atomic mass is 32.1. The number of carbonyl (C=O) groups is 2. The van der Waals surface area contributed by atoms with Crippen LogP contribution < -0.4 is 10.6 Å². The van der Waals surface area contributed by atoms with Crippen LogP contribution >= 0.6 is 12.2 Å². The van der Waals surface area contributed by atoms with Gasteiger partial charge >= 0.3 is 5.97 Å². The maximum absolute atomic E-state index is 12.8. The number of fused-ring (bicyclic) bond motifs is 1. The van der Waals surface area contributed by atoms with Crippen LogP contribution in [0.1, 0.15) is 36.8 Å². The van der Waals surface area contributed by atoms with Crippen LogP contribution in [-0.4, -0.2) is 45.9 Å². The number of amides is 1. The van der Waals surface area contributed by atoms with Gasteiger partial charge in [0.05, 0.1) is 16.8 Å². The number of nitrogens with zero attached hydrogens (tertiary/aromatic N) is 2. The molecule has 8 heteroatoms. The molecule has 1 amide bonds. The highest BCUT2D eigenvalue weighted by Gasteiger charge is 2.48. The van der Waals surface area contributed by atoms with Gasteiger partial charge in [0.2, 0.25) is 5.91 Å². The Morgan fingerprint density at radius 1 is 1.21 bits per heavy atom. The molecule has 1 aliphatic rings. The summed E-state index contributed by atoms with van der Waals surface area (Å²) in [5.41, 5.74) is 2.08. The van der Waals surface area contributed by atoms with Gasteiger partial charge in [0.1, 0.15) is 18.3 Å². The Labute approximate surface area is 198 Å². The summed E-state index contributed by atoms with van der Waals surface area (Å²) < 4.78 is 7.92. The van der Waals surface area contributed by atoms with Gasteiger partial charge in [0, 0.05) is 25.6 Å². The lowest BCUT2D eigenvalue weighted by atomic mass is 9.67. The summed E-state index contributed by atoms with van der Waals surface area (Å²) in [5, 5.41) is 5.82. The fourth-order valence-electron chi connectivity index (χ4n) is 4.64. The number of ether oxygens (including phenoxy) is 1. The van der Waals surface area contributed by atoms with E-state index in [9.17, 15) is 9.59 Å². The van der Waals surface area contributed by atoms with Gasteiger partial charge in [-0.1, -0.05) is 55.0 Å². The Balaban J connectivity index is 1.49. The third-order valence-corrected chi connectivity index (χ3v) is 6.85. The first-order valence-corrected chi connectivity index (χ1v) is 11.6. The maximum Gasteiger partial charge on any atom is 0.325 e. The third-order valence-electron chi connectivity index (χ3n) is 6.28. The molecule has 2 N–H and O–H groups in total. The molecule has 3 aromatic rings. The number of benzene rings is 1. The van der Waals surface area contributed by atoms with Crippen molar-refractivity contribution in [2.75, 3.05) is 13.6 Å². The molecule has 1 aromatic carbocycles. The Bertz CT molecular complexity index is 1150. The van der Waals surface area contributed by atoms with Crippen molar-refractivity contribution >= 4 is 34.7 Å². The van der Waals surface area contributed by atoms with Crippen molar-refractivity contribution in [2.24, 2.45) is 0 Å². The van der Waals surface area contributed by atoms with E-state index in [1.54, 1.807) is 13.2 Å². The first-order chi connectivity index (χ1) is 16.0. The van der Waals surface area contributed by atoms with Gasteiger partial charge < -0.3 is 19.8 Å². The number of thiocarbonyl (C=S) groups is 1. The molecule has 1 saturated carbocycles. The van der Waals surface area contributed by atoms with E-state index in [2.05, 4.69) is 15.6 Å². The largest absolute Gasteiger partial charge is 0.460 e. The van der Waals surface area contributed by atoms with Crippen LogP contribution in [0.3, 0.4) is 0 Å². The van der Waals surface area contributed by atoms with E-state index in [1.807, 2.05) is 59.3 Å². The summed E-state index contributed by atoms with van der Waals surface area (Å²) in [7, 11) is 1.80. The molecule has 2 atom stereocenters. The van der Waals surface area contributed by atoms with Crippen molar-refractivity contribution < 1.29 is 14.3 Å². The van der Waals surface area contributed by atoms with Gasteiger partial charge in [-0.2, -0.15) is 0 Å². The second-order valence-corrected chi connectivity index (χ2v) is 8.73. The average molecular weight is 465 g/mol. The van der Waals surface area contributed by atoms with Crippen molar-refractivity contribution in [1.82, 2.24) is 20.0 Å². The zero-order chi connectivity index (χ0) is 23.3. The summed E-state index contributed by atoms with van der Waals surface area (Å²) in [5.74, 6) is -0.681. The molecule has 0 radical (unpaired) electrons. The van der Waals surface area contributed by atoms with Crippen LogP contribution in [0.25, 0.3) is 5.65 Å². The quantitative estimate of drug-likeness (QED) is 0.413. The predicted octanol–water partition coefficient (Wildman–Crippen LogP) is 2.96. The summed E-state index contributed by atoms with van der Waals surface area (Å²) in [4.78, 5) is 30.0. The van der Waals surface area contributed by atoms with Crippen LogP contribution in [0.15, 0.2) is 61.1 Å². The van der Waals surface area contributed by atoms with Crippen LogP contribution in [-0.2, 0) is 26.2 Å². The zero-order valence-electron chi connectivity index (χ0n) is 18.6. The molecule has 0 saturated heterocycles. The number of pyridine rings is 1. The number of imidazole rings is 1. The van der Waals surface area contributed by atoms with Gasteiger partial charge in [-0.15, -0.1) is 0 Å². The number of nitrogens with one attached hydrogen (secondary N) is 2. The van der Waals surface area contributed by atoms with Crippen LogP contribution in [0, 0.1) is 0 Å². The van der Waals surface area contributed by atoms with E-state index in [1.165, 1.54) is 0 Å². The van der Waals surface area contributed by atoms with Gasteiger partial charge in [-0.25, -0.2) is 4.98 Å². The number of esters is 1. The number of carbonyl (C=O) groups excluding carboxylic acids is 2. The molecule has 7 nitrogen and oxygen atoms in total. The predicted molar refractivity (Wildman–Crippen MR) is 130 cm³/mol. The van der Waals surface area contributed by atoms with Crippen LogP contribution in [0.4, 0.5) is 0 Å². The highest BCUT2D eigenvalue weighted by Crippen LogP contribution is 2.42. The second kappa shape index (κ2) is 10.1. The van der Waals surface area contributed by atoms with Crippen molar-refractivity contribution in [2.45, 2.75) is 43.6 Å². The third kappa shape index (κ3) is 4.90. The second-order valence-electron chi connectivity index (χ2n) is 8.32. The van der Waals surface area contributed by atoms with Crippen molar-refractivity contribution in [3.05, 3.63) is 72.2 Å². The summed E-state index contributed by atoms with van der Waals surface area (Å²) in [6, 6.07) is 13.4. The summed E-state index contributed by atoms with van der Waals surface area (Å²) in [6.07, 6.45) is 8.84. The molecule has 2 heterocycles. The number of hydrogen-bond donors (Lipinski definition) is 2. The Kier molecular flexibility index (Phi) is 7.03. The van der Waals surface area contributed by atoms with Gasteiger partial charge in [-0.05, 0) is 36.5 Å². The summed E-state index contributed by atoms with van der Waals surface area (Å²) in [6.45, 7) is -0.175. The molecule has 2 unspecified atom stereocenters. The van der Waals surface area contributed by atoms with Crippen molar-refractivity contribution in [3.8, 4) is 0 Å².